The van der Waals surface area contributed by atoms with Gasteiger partial charge in [0.15, 0.2) is 0 Å². The van der Waals surface area contributed by atoms with Crippen LogP contribution in [0.4, 0.5) is 0 Å². The molecule has 0 aromatic carbocycles. The average molecular weight is 799 g/mol. The van der Waals surface area contributed by atoms with E-state index in [0.717, 1.165) is 49.0 Å². The third kappa shape index (κ3) is 11.0. The number of hydrogen-bond acceptors (Lipinski definition) is 9. The third-order valence-electron chi connectivity index (χ3n) is 11.6. The Kier molecular flexibility index (Phi) is 14.4. The van der Waals surface area contributed by atoms with Crippen LogP contribution >= 0.6 is 34.0 Å². The van der Waals surface area contributed by atoms with Crippen molar-refractivity contribution >= 4 is 51.9 Å². The number of rotatable bonds is 17. The molecule has 3 aromatic heterocycles. The lowest BCUT2D eigenvalue weighted by Gasteiger charge is -2.17. The fourth-order valence-corrected chi connectivity index (χ4v) is 11.6. The van der Waals surface area contributed by atoms with Crippen molar-refractivity contribution in [3.05, 3.63) is 108 Å². The second-order valence-corrected chi connectivity index (χ2v) is 18.6. The summed E-state index contributed by atoms with van der Waals surface area (Å²) in [5, 5.41) is 4.16. The minimum Gasteiger partial charge on any atom is -0.466 e. The standard InChI is InChI=1S/C46H54O6S3/c1-6-31-18-35(39(19-31)27-51-44(48)25-37-24-43(41-10-8-16-53-41)55-45(37)42-11-9-17-54-42)14-13-33-21-36(40(23-33)26-50-30(5)47)15-12-32-20-34(7-2)38(22-32)28-52-46(49)29(3)4/h6-17,24,31-36,38-40H,1-3,18-23,25-28H2,4-5H3/b14-13+,15-12+. The molecule has 3 aliphatic carbocycles. The van der Waals surface area contributed by atoms with Crippen LogP contribution in [0.25, 0.3) is 19.5 Å². The van der Waals surface area contributed by atoms with Crippen molar-refractivity contribution in [3.63, 3.8) is 0 Å². The van der Waals surface area contributed by atoms with Crippen molar-refractivity contribution < 1.29 is 28.6 Å². The van der Waals surface area contributed by atoms with E-state index in [-0.39, 0.29) is 42.1 Å². The maximum Gasteiger partial charge on any atom is 0.333 e. The molecule has 3 heterocycles. The Morgan fingerprint density at radius 3 is 1.84 bits per heavy atom. The summed E-state index contributed by atoms with van der Waals surface area (Å²) in [6.45, 7) is 16.2. The first-order valence-electron chi connectivity index (χ1n) is 19.5. The summed E-state index contributed by atoms with van der Waals surface area (Å²) in [6, 6.07) is 10.5. The smallest absolute Gasteiger partial charge is 0.333 e. The molecule has 3 saturated carbocycles. The molecule has 9 atom stereocenters. The van der Waals surface area contributed by atoms with E-state index in [2.05, 4.69) is 85.1 Å². The van der Waals surface area contributed by atoms with Crippen molar-refractivity contribution in [3.8, 4) is 19.5 Å². The maximum absolute atomic E-state index is 13.4. The monoisotopic (exact) mass is 798 g/mol. The molecule has 9 unspecified atom stereocenters. The quantitative estimate of drug-likeness (QED) is 0.0586. The molecule has 55 heavy (non-hydrogen) atoms. The van der Waals surface area contributed by atoms with E-state index < -0.39 is 0 Å². The van der Waals surface area contributed by atoms with Crippen LogP contribution in [0.1, 0.15) is 57.9 Å². The largest absolute Gasteiger partial charge is 0.466 e. The van der Waals surface area contributed by atoms with E-state index in [1.54, 1.807) is 40.9 Å². The zero-order valence-electron chi connectivity index (χ0n) is 32.1. The first-order valence-corrected chi connectivity index (χ1v) is 22.1. The molecule has 0 spiro atoms. The molecule has 0 bridgehead atoms. The lowest BCUT2D eigenvalue weighted by molar-refractivity contribution is -0.144. The first kappa shape index (κ1) is 40.9. The molecule has 9 heteroatoms. The minimum atomic E-state index is -0.341. The number of esters is 3. The highest BCUT2D eigenvalue weighted by atomic mass is 32.1. The Morgan fingerprint density at radius 1 is 0.691 bits per heavy atom. The molecule has 0 aliphatic heterocycles. The minimum absolute atomic E-state index is 0.183. The first-order chi connectivity index (χ1) is 26.6. The van der Waals surface area contributed by atoms with Gasteiger partial charge in [0.1, 0.15) is 0 Å². The second kappa shape index (κ2) is 19.4. The number of thiophene rings is 3. The Balaban J connectivity index is 1.06. The van der Waals surface area contributed by atoms with Crippen LogP contribution in [0.2, 0.25) is 0 Å². The van der Waals surface area contributed by atoms with Crippen LogP contribution in [0, 0.1) is 53.3 Å². The number of carbonyl (C=O) groups is 3. The summed E-state index contributed by atoms with van der Waals surface area (Å²) in [7, 11) is 0. The van der Waals surface area contributed by atoms with Gasteiger partial charge in [0.2, 0.25) is 0 Å². The van der Waals surface area contributed by atoms with Gasteiger partial charge in [-0.3, -0.25) is 9.59 Å². The maximum atomic E-state index is 13.4. The zero-order valence-corrected chi connectivity index (χ0v) is 34.5. The van der Waals surface area contributed by atoms with Crippen LogP contribution in [-0.2, 0) is 35.0 Å². The SMILES string of the molecule is C=CC1CC(/C=C/C2CC(/C=C/C3CC(C=C)C(COC(=O)C(=C)C)C3)C(COC(C)=O)C2)C(COC(=O)Cc2cc(-c3cccs3)sc2-c2cccs2)C1. The van der Waals surface area contributed by atoms with E-state index >= 15 is 0 Å². The van der Waals surface area contributed by atoms with Crippen LogP contribution < -0.4 is 0 Å². The van der Waals surface area contributed by atoms with Gasteiger partial charge in [-0.1, -0.05) is 55.2 Å². The molecule has 3 aliphatic rings. The molecule has 0 N–H and O–H groups in total. The molecule has 6 nitrogen and oxygen atoms in total. The fourth-order valence-electron chi connectivity index (χ4n) is 8.70. The summed E-state index contributed by atoms with van der Waals surface area (Å²) in [5.41, 5.74) is 1.44. The number of allylic oxidation sites excluding steroid dienone is 6. The third-order valence-corrected chi connectivity index (χ3v) is 14.9. The topological polar surface area (TPSA) is 78.9 Å². The molecule has 0 saturated heterocycles. The van der Waals surface area contributed by atoms with Crippen LogP contribution in [0.5, 0.6) is 0 Å². The van der Waals surface area contributed by atoms with Gasteiger partial charge >= 0.3 is 17.9 Å². The normalized spacial score (nSPS) is 27.8. The average Bonchev–Trinajstić information content (AvgIpc) is 4.02. The predicted molar refractivity (Wildman–Crippen MR) is 226 cm³/mol. The van der Waals surface area contributed by atoms with Crippen molar-refractivity contribution in [1.82, 2.24) is 0 Å². The summed E-state index contributed by atoms with van der Waals surface area (Å²) < 4.78 is 17.1. The Bertz CT molecular complexity index is 1850. The zero-order chi connectivity index (χ0) is 38.9. The van der Waals surface area contributed by atoms with E-state index in [9.17, 15) is 14.4 Å². The van der Waals surface area contributed by atoms with Gasteiger partial charge in [-0.15, -0.1) is 47.2 Å². The number of carbonyl (C=O) groups excluding carboxylic acids is 3. The summed E-state index contributed by atoms with van der Waals surface area (Å²) in [4.78, 5) is 41.9. The molecule has 0 amide bonds. The highest BCUT2D eigenvalue weighted by molar-refractivity contribution is 7.26. The highest BCUT2D eigenvalue weighted by Crippen LogP contribution is 2.45. The van der Waals surface area contributed by atoms with Crippen LogP contribution in [0.15, 0.2) is 103 Å². The molecule has 0 radical (unpaired) electrons. The molecule has 292 valence electrons. The van der Waals surface area contributed by atoms with E-state index in [1.807, 2.05) is 12.2 Å². The van der Waals surface area contributed by atoms with E-state index in [0.29, 0.717) is 60.9 Å². The summed E-state index contributed by atoms with van der Waals surface area (Å²) >= 11 is 5.15. The van der Waals surface area contributed by atoms with Crippen molar-refractivity contribution in [2.24, 2.45) is 53.3 Å². The predicted octanol–water partition coefficient (Wildman–Crippen LogP) is 11.4. The lowest BCUT2D eigenvalue weighted by Crippen LogP contribution is -2.18. The fraction of sp³-hybridized carbons (Fsp3) is 0.457. The lowest BCUT2D eigenvalue weighted by atomic mass is 9.93. The summed E-state index contributed by atoms with van der Waals surface area (Å²) in [5.74, 6) is 1.99. The Hall–Kier alpha value is -3.79. The van der Waals surface area contributed by atoms with Crippen LogP contribution in [0.3, 0.4) is 0 Å². The van der Waals surface area contributed by atoms with Crippen molar-refractivity contribution in [2.75, 3.05) is 19.8 Å². The van der Waals surface area contributed by atoms with Crippen molar-refractivity contribution in [2.45, 2.75) is 58.8 Å². The van der Waals surface area contributed by atoms with Crippen molar-refractivity contribution in [1.29, 1.82) is 0 Å². The van der Waals surface area contributed by atoms with Gasteiger partial charge in [0, 0.05) is 32.0 Å². The molecular formula is C46H54O6S3. The van der Waals surface area contributed by atoms with E-state index in [1.165, 1.54) is 21.6 Å². The Morgan fingerprint density at radius 2 is 1.25 bits per heavy atom. The van der Waals surface area contributed by atoms with E-state index in [4.69, 9.17) is 14.2 Å². The summed E-state index contributed by atoms with van der Waals surface area (Å²) in [6.07, 6.45) is 19.6. The van der Waals surface area contributed by atoms with Gasteiger partial charge < -0.3 is 14.2 Å². The molecule has 3 aromatic rings. The Labute approximate surface area is 338 Å². The van der Waals surface area contributed by atoms with Gasteiger partial charge in [-0.25, -0.2) is 4.79 Å². The molecule has 6 rings (SSSR count). The number of hydrogen-bond donors (Lipinski definition) is 0. The van der Waals surface area contributed by atoms with Gasteiger partial charge in [-0.05, 0) is 133 Å². The highest BCUT2D eigenvalue weighted by Gasteiger charge is 2.36. The van der Waals surface area contributed by atoms with Gasteiger partial charge in [0.05, 0.1) is 26.2 Å². The molecule has 3 fully saturated rings. The number of ether oxygens (including phenoxy) is 3. The molecular weight excluding hydrogens is 745 g/mol. The second-order valence-electron chi connectivity index (χ2n) is 15.7. The van der Waals surface area contributed by atoms with Gasteiger partial charge in [-0.2, -0.15) is 0 Å². The van der Waals surface area contributed by atoms with Crippen LogP contribution in [-0.4, -0.2) is 37.7 Å². The van der Waals surface area contributed by atoms with Gasteiger partial charge in [0.25, 0.3) is 0 Å².